The van der Waals surface area contributed by atoms with Crippen molar-refractivity contribution >= 4 is 58.2 Å². The summed E-state index contributed by atoms with van der Waals surface area (Å²) in [4.78, 5) is 27.4. The maximum Gasteiger partial charge on any atom is 0.242 e. The molecule has 0 aliphatic rings. The van der Waals surface area contributed by atoms with Crippen LogP contribution in [0.2, 0.25) is 20.1 Å². The number of hydrogen-bond donors (Lipinski definition) is 1. The number of hydrogen-bond acceptors (Lipinski definition) is 2. The minimum atomic E-state index is -0.694. The van der Waals surface area contributed by atoms with E-state index in [2.05, 4.69) is 5.32 Å². The Morgan fingerprint density at radius 3 is 2.27 bits per heavy atom. The van der Waals surface area contributed by atoms with Gasteiger partial charge in [0.05, 0.1) is 16.5 Å². The van der Waals surface area contributed by atoms with Gasteiger partial charge in [0, 0.05) is 22.6 Å². The minimum Gasteiger partial charge on any atom is -0.352 e. The molecule has 0 radical (unpaired) electrons. The zero-order valence-corrected chi connectivity index (χ0v) is 20.0. The molecule has 0 spiro atoms. The van der Waals surface area contributed by atoms with E-state index in [1.807, 2.05) is 13.8 Å². The van der Waals surface area contributed by atoms with Crippen LogP contribution in [0.25, 0.3) is 0 Å². The molecule has 2 aromatic carbocycles. The van der Waals surface area contributed by atoms with Gasteiger partial charge in [0.2, 0.25) is 11.8 Å². The van der Waals surface area contributed by atoms with E-state index in [0.29, 0.717) is 31.2 Å². The zero-order valence-electron chi connectivity index (χ0n) is 17.0. The van der Waals surface area contributed by atoms with Gasteiger partial charge in [0.25, 0.3) is 0 Å². The summed E-state index contributed by atoms with van der Waals surface area (Å²) in [6, 6.07) is 9.42. The van der Waals surface area contributed by atoms with Crippen molar-refractivity contribution in [3.05, 3.63) is 67.6 Å². The van der Waals surface area contributed by atoms with Crippen LogP contribution in [0.4, 0.5) is 0 Å². The third kappa shape index (κ3) is 6.78. The number of halogens is 4. The predicted molar refractivity (Wildman–Crippen MR) is 125 cm³/mol. The van der Waals surface area contributed by atoms with Crippen LogP contribution < -0.4 is 5.32 Å². The van der Waals surface area contributed by atoms with Gasteiger partial charge in [-0.15, -0.1) is 0 Å². The molecule has 0 aromatic heterocycles. The number of benzene rings is 2. The number of nitrogens with one attached hydrogen (secondary N) is 1. The Balaban J connectivity index is 2.29. The number of rotatable bonds is 8. The Labute approximate surface area is 197 Å². The van der Waals surface area contributed by atoms with Crippen LogP contribution in [-0.4, -0.2) is 28.8 Å². The fourth-order valence-corrected chi connectivity index (χ4v) is 3.60. The standard InChI is InChI=1S/C22H24Cl4N2O2/c1-4-13(2)27-22(30)14(3)28(12-16-6-7-17(23)11-19(16)25)21(29)10-15-5-8-18(24)20(26)9-15/h5-9,11,13-14H,4,10,12H2,1-3H3,(H,27,30)/t13-,14-/m1/s1. The highest BCUT2D eigenvalue weighted by Gasteiger charge is 2.27. The first-order valence-corrected chi connectivity index (χ1v) is 11.1. The highest BCUT2D eigenvalue weighted by atomic mass is 35.5. The first-order valence-electron chi connectivity index (χ1n) is 9.60. The molecule has 1 N–H and O–H groups in total. The summed E-state index contributed by atoms with van der Waals surface area (Å²) in [6.07, 6.45) is 0.863. The van der Waals surface area contributed by atoms with Crippen LogP contribution in [0.5, 0.6) is 0 Å². The molecule has 0 heterocycles. The fraction of sp³-hybridized carbons (Fsp3) is 0.364. The molecule has 0 bridgehead atoms. The predicted octanol–water partition coefficient (Wildman–Crippen LogP) is 6.17. The van der Waals surface area contributed by atoms with Gasteiger partial charge in [-0.1, -0.05) is 65.5 Å². The maximum atomic E-state index is 13.2. The second kappa shape index (κ2) is 11.2. The molecule has 2 amide bonds. The molecular formula is C22H24Cl4N2O2. The maximum absolute atomic E-state index is 13.2. The van der Waals surface area contributed by atoms with E-state index in [1.165, 1.54) is 4.90 Å². The summed E-state index contributed by atoms with van der Waals surface area (Å²) < 4.78 is 0. The summed E-state index contributed by atoms with van der Waals surface area (Å²) in [5.74, 6) is -0.455. The molecule has 30 heavy (non-hydrogen) atoms. The van der Waals surface area contributed by atoms with E-state index in [9.17, 15) is 9.59 Å². The first-order chi connectivity index (χ1) is 14.1. The van der Waals surface area contributed by atoms with Crippen molar-refractivity contribution in [2.24, 2.45) is 0 Å². The Morgan fingerprint density at radius 1 is 0.967 bits per heavy atom. The molecule has 0 aliphatic heterocycles. The summed E-state index contributed by atoms with van der Waals surface area (Å²) in [7, 11) is 0. The topological polar surface area (TPSA) is 49.4 Å². The quantitative estimate of drug-likeness (QED) is 0.481. The normalized spacial score (nSPS) is 12.9. The van der Waals surface area contributed by atoms with Gasteiger partial charge in [-0.25, -0.2) is 0 Å². The Bertz CT molecular complexity index is 920. The number of amides is 2. The van der Waals surface area contributed by atoms with E-state index >= 15 is 0 Å². The van der Waals surface area contributed by atoms with Gasteiger partial charge < -0.3 is 10.2 Å². The lowest BCUT2D eigenvalue weighted by Gasteiger charge is -2.30. The molecule has 162 valence electrons. The van der Waals surface area contributed by atoms with Crippen molar-refractivity contribution in [1.82, 2.24) is 10.2 Å². The monoisotopic (exact) mass is 488 g/mol. The second-order valence-electron chi connectivity index (χ2n) is 7.18. The van der Waals surface area contributed by atoms with Crippen LogP contribution in [0.15, 0.2) is 36.4 Å². The van der Waals surface area contributed by atoms with E-state index in [-0.39, 0.29) is 30.8 Å². The van der Waals surface area contributed by atoms with E-state index in [4.69, 9.17) is 46.4 Å². The highest BCUT2D eigenvalue weighted by molar-refractivity contribution is 6.42. The molecule has 0 aliphatic carbocycles. The third-order valence-corrected chi connectivity index (χ3v) is 6.19. The van der Waals surface area contributed by atoms with Gasteiger partial charge in [0.1, 0.15) is 6.04 Å². The van der Waals surface area contributed by atoms with Crippen LogP contribution in [0.1, 0.15) is 38.3 Å². The molecule has 2 rings (SSSR count). The highest BCUT2D eigenvalue weighted by Crippen LogP contribution is 2.25. The van der Waals surface area contributed by atoms with Crippen molar-refractivity contribution in [3.63, 3.8) is 0 Å². The second-order valence-corrected chi connectivity index (χ2v) is 8.83. The van der Waals surface area contributed by atoms with Crippen molar-refractivity contribution in [2.75, 3.05) is 0 Å². The molecule has 8 heteroatoms. The molecule has 4 nitrogen and oxygen atoms in total. The SMILES string of the molecule is CC[C@@H](C)NC(=O)[C@@H](C)N(Cc1ccc(Cl)cc1Cl)C(=O)Cc1ccc(Cl)c(Cl)c1. The molecule has 0 saturated heterocycles. The van der Waals surface area contributed by atoms with E-state index < -0.39 is 6.04 Å². The molecular weight excluding hydrogens is 466 g/mol. The van der Waals surface area contributed by atoms with Gasteiger partial charge in [-0.3, -0.25) is 9.59 Å². The van der Waals surface area contributed by atoms with Crippen LogP contribution >= 0.6 is 46.4 Å². The van der Waals surface area contributed by atoms with E-state index in [1.54, 1.807) is 43.3 Å². The lowest BCUT2D eigenvalue weighted by molar-refractivity contribution is -0.140. The fourth-order valence-electron chi connectivity index (χ4n) is 2.81. The van der Waals surface area contributed by atoms with Gasteiger partial charge in [0.15, 0.2) is 0 Å². The van der Waals surface area contributed by atoms with Crippen molar-refractivity contribution < 1.29 is 9.59 Å². The Hall–Kier alpha value is -1.46. The van der Waals surface area contributed by atoms with Crippen LogP contribution in [-0.2, 0) is 22.6 Å². The number of nitrogens with zero attached hydrogens (tertiary/aromatic N) is 1. The Morgan fingerprint density at radius 2 is 1.67 bits per heavy atom. The van der Waals surface area contributed by atoms with Gasteiger partial charge in [-0.05, 0) is 55.7 Å². The minimum absolute atomic E-state index is 0.00564. The lowest BCUT2D eigenvalue weighted by atomic mass is 10.1. The third-order valence-electron chi connectivity index (χ3n) is 4.86. The Kier molecular flexibility index (Phi) is 9.30. The average Bonchev–Trinajstić information content (AvgIpc) is 2.69. The van der Waals surface area contributed by atoms with E-state index in [0.717, 1.165) is 6.42 Å². The number of carbonyl (C=O) groups excluding carboxylic acids is 2. The lowest BCUT2D eigenvalue weighted by Crippen LogP contribution is -2.49. The number of carbonyl (C=O) groups is 2. The zero-order chi connectivity index (χ0) is 22.4. The van der Waals surface area contributed by atoms with Crippen molar-refractivity contribution in [3.8, 4) is 0 Å². The summed E-state index contributed by atoms with van der Waals surface area (Å²) in [5.41, 5.74) is 1.41. The molecule has 0 saturated carbocycles. The van der Waals surface area contributed by atoms with Gasteiger partial charge in [-0.2, -0.15) is 0 Å². The first kappa shape index (κ1) is 24.8. The molecule has 2 aromatic rings. The average molecular weight is 490 g/mol. The molecule has 2 atom stereocenters. The van der Waals surface area contributed by atoms with Gasteiger partial charge >= 0.3 is 0 Å². The van der Waals surface area contributed by atoms with Crippen molar-refractivity contribution in [2.45, 2.75) is 52.2 Å². The molecule has 0 unspecified atom stereocenters. The van der Waals surface area contributed by atoms with Crippen LogP contribution in [0, 0.1) is 0 Å². The largest absolute Gasteiger partial charge is 0.352 e. The smallest absolute Gasteiger partial charge is 0.242 e. The van der Waals surface area contributed by atoms with Crippen molar-refractivity contribution in [1.29, 1.82) is 0 Å². The molecule has 0 fully saturated rings. The van der Waals surface area contributed by atoms with Crippen LogP contribution in [0.3, 0.4) is 0 Å². The summed E-state index contributed by atoms with van der Waals surface area (Å²) in [6.45, 7) is 5.78. The summed E-state index contributed by atoms with van der Waals surface area (Å²) in [5, 5.41) is 4.65. The summed E-state index contributed by atoms with van der Waals surface area (Å²) >= 11 is 24.3.